The fourth-order valence-electron chi connectivity index (χ4n) is 2.50. The fourth-order valence-corrected chi connectivity index (χ4v) is 3.16. The molecule has 0 radical (unpaired) electrons. The number of ether oxygens (including phenoxy) is 1. The predicted octanol–water partition coefficient (Wildman–Crippen LogP) is 4.71. The average molecular weight is 429 g/mol. The second-order valence-electron chi connectivity index (χ2n) is 5.35. The van der Waals surface area contributed by atoms with E-state index in [-0.39, 0.29) is 18.9 Å². The second-order valence-corrected chi connectivity index (χ2v) is 7.05. The first kappa shape index (κ1) is 17.3. The van der Waals surface area contributed by atoms with Gasteiger partial charge in [-0.15, -0.1) is 0 Å². The monoisotopic (exact) mass is 427 g/mol. The van der Waals surface area contributed by atoms with Crippen molar-refractivity contribution in [2.45, 2.75) is 6.42 Å². The van der Waals surface area contributed by atoms with Gasteiger partial charge in [0, 0.05) is 17.4 Å². The quantitative estimate of drug-likeness (QED) is 0.525. The molecule has 1 fully saturated rings. The molecular weight excluding hydrogens is 417 g/mol. The highest BCUT2D eigenvalue weighted by Gasteiger charge is 2.37. The number of anilines is 1. The van der Waals surface area contributed by atoms with Crippen molar-refractivity contribution >= 4 is 56.7 Å². The van der Waals surface area contributed by atoms with E-state index < -0.39 is 11.9 Å². The van der Waals surface area contributed by atoms with Gasteiger partial charge in [-0.1, -0.05) is 45.2 Å². The highest BCUT2D eigenvalue weighted by Crippen LogP contribution is 2.36. The first-order chi connectivity index (χ1) is 11.5. The van der Waals surface area contributed by atoms with Gasteiger partial charge < -0.3 is 9.64 Å². The van der Waals surface area contributed by atoms with Gasteiger partial charge in [-0.05, 0) is 36.4 Å². The summed E-state index contributed by atoms with van der Waals surface area (Å²) in [6.07, 6.45) is 0.0816. The molecule has 0 aromatic heterocycles. The fraction of sp³-hybridized carbons (Fsp3) is 0.176. The average Bonchev–Trinajstić information content (AvgIpc) is 2.94. The maximum absolute atomic E-state index is 12.3. The van der Waals surface area contributed by atoms with E-state index in [1.54, 1.807) is 42.5 Å². The number of esters is 1. The smallest absolute Gasteiger partial charge is 0.316 e. The van der Waals surface area contributed by atoms with Gasteiger partial charge in [-0.3, -0.25) is 9.59 Å². The van der Waals surface area contributed by atoms with Crippen molar-refractivity contribution in [1.82, 2.24) is 0 Å². The summed E-state index contributed by atoms with van der Waals surface area (Å²) in [7, 11) is 0. The molecule has 1 heterocycles. The van der Waals surface area contributed by atoms with E-state index in [1.807, 2.05) is 0 Å². The van der Waals surface area contributed by atoms with E-state index in [0.717, 1.165) is 4.47 Å². The van der Waals surface area contributed by atoms with Crippen molar-refractivity contribution in [1.29, 1.82) is 0 Å². The minimum Gasteiger partial charge on any atom is -0.426 e. The van der Waals surface area contributed by atoms with Crippen LogP contribution < -0.4 is 9.64 Å². The Morgan fingerprint density at radius 2 is 1.88 bits per heavy atom. The highest BCUT2D eigenvalue weighted by atomic mass is 79.9. The van der Waals surface area contributed by atoms with Crippen LogP contribution in [0.5, 0.6) is 5.75 Å². The number of carbonyl (C=O) groups is 2. The molecular formula is C17H12BrCl2NO3. The molecule has 3 rings (SSSR count). The Morgan fingerprint density at radius 3 is 2.58 bits per heavy atom. The Balaban J connectivity index is 1.73. The molecule has 1 atom stereocenters. The molecule has 4 nitrogen and oxygen atoms in total. The number of nitrogens with zero attached hydrogens (tertiary/aromatic N) is 1. The molecule has 0 unspecified atom stereocenters. The third kappa shape index (κ3) is 3.58. The summed E-state index contributed by atoms with van der Waals surface area (Å²) in [5, 5.41) is 0.664. The van der Waals surface area contributed by atoms with Crippen LogP contribution in [-0.4, -0.2) is 18.4 Å². The van der Waals surface area contributed by atoms with Crippen LogP contribution in [0.3, 0.4) is 0 Å². The Morgan fingerprint density at radius 1 is 1.17 bits per heavy atom. The topological polar surface area (TPSA) is 46.6 Å². The number of amides is 1. The van der Waals surface area contributed by atoms with Crippen molar-refractivity contribution in [3.05, 3.63) is 57.0 Å². The second kappa shape index (κ2) is 7.13. The predicted molar refractivity (Wildman–Crippen MR) is 96.7 cm³/mol. The zero-order chi connectivity index (χ0) is 17.3. The molecule has 0 aliphatic carbocycles. The molecule has 2 aromatic rings. The SMILES string of the molecule is O=C(Oc1ccc(Br)cc1)[C@H]1CC(=O)N(c2cccc(Cl)c2Cl)C1. The van der Waals surface area contributed by atoms with E-state index in [2.05, 4.69) is 15.9 Å². The van der Waals surface area contributed by atoms with Gasteiger partial charge in [0.1, 0.15) is 5.75 Å². The lowest BCUT2D eigenvalue weighted by molar-refractivity contribution is -0.139. The maximum Gasteiger partial charge on any atom is 0.316 e. The third-order valence-corrected chi connectivity index (χ3v) is 5.05. The van der Waals surface area contributed by atoms with Crippen LogP contribution in [0.1, 0.15) is 6.42 Å². The number of carbonyl (C=O) groups excluding carboxylic acids is 2. The van der Waals surface area contributed by atoms with Crippen molar-refractivity contribution in [2.24, 2.45) is 5.92 Å². The lowest BCUT2D eigenvalue weighted by Crippen LogP contribution is -2.27. The van der Waals surface area contributed by atoms with Crippen LogP contribution in [0.4, 0.5) is 5.69 Å². The molecule has 2 aromatic carbocycles. The van der Waals surface area contributed by atoms with Gasteiger partial charge in [0.05, 0.1) is 21.7 Å². The van der Waals surface area contributed by atoms with Crippen LogP contribution in [-0.2, 0) is 9.59 Å². The Hall–Kier alpha value is -1.56. The number of hydrogen-bond acceptors (Lipinski definition) is 3. The van der Waals surface area contributed by atoms with E-state index in [4.69, 9.17) is 27.9 Å². The minimum atomic E-state index is -0.545. The van der Waals surface area contributed by atoms with Gasteiger partial charge in [0.15, 0.2) is 0 Å². The molecule has 7 heteroatoms. The first-order valence-electron chi connectivity index (χ1n) is 7.17. The summed E-state index contributed by atoms with van der Waals surface area (Å²) in [6, 6.07) is 12.0. The molecule has 124 valence electrons. The van der Waals surface area contributed by atoms with Gasteiger partial charge in [-0.25, -0.2) is 0 Å². The first-order valence-corrected chi connectivity index (χ1v) is 8.72. The number of rotatable bonds is 3. The largest absolute Gasteiger partial charge is 0.426 e. The number of hydrogen-bond donors (Lipinski definition) is 0. The molecule has 0 N–H and O–H groups in total. The molecule has 1 aliphatic rings. The van der Waals surface area contributed by atoms with Crippen LogP contribution in [0, 0.1) is 5.92 Å². The van der Waals surface area contributed by atoms with E-state index in [1.165, 1.54) is 4.90 Å². The molecule has 1 amide bonds. The normalized spacial score (nSPS) is 17.2. The van der Waals surface area contributed by atoms with Crippen LogP contribution >= 0.6 is 39.1 Å². The zero-order valence-electron chi connectivity index (χ0n) is 12.3. The van der Waals surface area contributed by atoms with E-state index in [0.29, 0.717) is 21.5 Å². The molecule has 0 saturated carbocycles. The van der Waals surface area contributed by atoms with E-state index in [9.17, 15) is 9.59 Å². The number of halogens is 3. The molecule has 1 aliphatic heterocycles. The standard InChI is InChI=1S/C17H12BrCl2NO3/c18-11-4-6-12(7-5-11)24-17(23)10-8-15(22)21(9-10)14-3-1-2-13(19)16(14)20/h1-7,10H,8-9H2/t10-/m0/s1. The van der Waals surface area contributed by atoms with E-state index >= 15 is 0 Å². The van der Waals surface area contributed by atoms with Crippen molar-refractivity contribution < 1.29 is 14.3 Å². The Bertz CT molecular complexity index is 795. The summed E-state index contributed by atoms with van der Waals surface area (Å²) in [5.41, 5.74) is 0.508. The van der Waals surface area contributed by atoms with Crippen molar-refractivity contribution in [2.75, 3.05) is 11.4 Å². The Labute approximate surface area is 157 Å². The molecule has 0 spiro atoms. The van der Waals surface area contributed by atoms with Crippen molar-refractivity contribution in [3.8, 4) is 5.75 Å². The summed E-state index contributed by atoms with van der Waals surface area (Å²) in [5.74, 6) is -0.727. The van der Waals surface area contributed by atoms with Crippen LogP contribution in [0.25, 0.3) is 0 Å². The molecule has 1 saturated heterocycles. The van der Waals surface area contributed by atoms with Gasteiger partial charge in [0.25, 0.3) is 0 Å². The van der Waals surface area contributed by atoms with Gasteiger partial charge in [-0.2, -0.15) is 0 Å². The zero-order valence-corrected chi connectivity index (χ0v) is 15.4. The summed E-state index contributed by atoms with van der Waals surface area (Å²) in [6.45, 7) is 0.217. The van der Waals surface area contributed by atoms with Gasteiger partial charge >= 0.3 is 5.97 Å². The third-order valence-electron chi connectivity index (χ3n) is 3.71. The van der Waals surface area contributed by atoms with Crippen LogP contribution in [0.2, 0.25) is 10.0 Å². The number of benzene rings is 2. The minimum absolute atomic E-state index is 0.0816. The summed E-state index contributed by atoms with van der Waals surface area (Å²) >= 11 is 15.5. The highest BCUT2D eigenvalue weighted by molar-refractivity contribution is 9.10. The molecule has 0 bridgehead atoms. The van der Waals surface area contributed by atoms with Gasteiger partial charge in [0.2, 0.25) is 5.91 Å². The Kier molecular flexibility index (Phi) is 5.13. The van der Waals surface area contributed by atoms with Crippen LogP contribution in [0.15, 0.2) is 46.9 Å². The summed E-state index contributed by atoms with van der Waals surface area (Å²) in [4.78, 5) is 26.0. The van der Waals surface area contributed by atoms with Crippen molar-refractivity contribution in [3.63, 3.8) is 0 Å². The maximum atomic E-state index is 12.3. The lowest BCUT2D eigenvalue weighted by Gasteiger charge is -2.18. The lowest BCUT2D eigenvalue weighted by atomic mass is 10.1. The molecule has 24 heavy (non-hydrogen) atoms. The summed E-state index contributed by atoms with van der Waals surface area (Å²) < 4.78 is 6.23.